The molecule has 0 N–H and O–H groups in total. The number of rotatable bonds is 1. The van der Waals surface area contributed by atoms with Crippen LogP contribution in [0.2, 0.25) is 0 Å². The fourth-order valence-corrected chi connectivity index (χ4v) is 1.66. The molecule has 0 atom stereocenters. The Morgan fingerprint density at radius 2 is 1.75 bits per heavy atom. The van der Waals surface area contributed by atoms with Gasteiger partial charge in [-0.05, 0) is 22.6 Å². The Hall–Kier alpha value is 0.160. The van der Waals surface area contributed by atoms with Crippen LogP contribution in [0.1, 0.15) is 20.8 Å². The van der Waals surface area contributed by atoms with E-state index in [1.165, 1.54) is 0 Å². The van der Waals surface area contributed by atoms with Gasteiger partial charge in [-0.2, -0.15) is 0 Å². The number of aromatic nitrogens is 2. The standard InChI is InChI=1S/C8H11IN2S/c1-8(2,3)12-7-10-4-6(9)5-11-7/h4-5H,1-3H3. The average molecular weight is 294 g/mol. The minimum absolute atomic E-state index is 0.187. The van der Waals surface area contributed by atoms with Crippen LogP contribution in [-0.2, 0) is 0 Å². The zero-order chi connectivity index (χ0) is 9.19. The van der Waals surface area contributed by atoms with E-state index in [9.17, 15) is 0 Å². The molecular formula is C8H11IN2S. The van der Waals surface area contributed by atoms with Crippen LogP contribution in [0.5, 0.6) is 0 Å². The molecule has 2 nitrogen and oxygen atoms in total. The van der Waals surface area contributed by atoms with Gasteiger partial charge in [-0.1, -0.05) is 32.5 Å². The highest BCUT2D eigenvalue weighted by Crippen LogP contribution is 2.28. The van der Waals surface area contributed by atoms with Crippen LogP contribution < -0.4 is 0 Å². The van der Waals surface area contributed by atoms with Crippen molar-refractivity contribution in [2.75, 3.05) is 0 Å². The molecule has 0 aliphatic heterocycles. The Kier molecular flexibility index (Phi) is 3.34. The Balaban J connectivity index is 2.71. The van der Waals surface area contributed by atoms with Crippen molar-refractivity contribution in [1.29, 1.82) is 0 Å². The average Bonchev–Trinajstić information content (AvgIpc) is 1.91. The van der Waals surface area contributed by atoms with Gasteiger partial charge in [-0.3, -0.25) is 0 Å². The van der Waals surface area contributed by atoms with Crippen LogP contribution in [0.4, 0.5) is 0 Å². The Bertz CT molecular complexity index is 253. The Morgan fingerprint density at radius 3 is 2.17 bits per heavy atom. The number of halogens is 1. The van der Waals surface area contributed by atoms with Gasteiger partial charge in [0, 0.05) is 20.7 Å². The summed E-state index contributed by atoms with van der Waals surface area (Å²) in [5, 5.41) is 0.850. The molecule has 0 spiro atoms. The highest BCUT2D eigenvalue weighted by molar-refractivity contribution is 14.1. The molecule has 0 aliphatic rings. The van der Waals surface area contributed by atoms with Crippen molar-refractivity contribution in [1.82, 2.24) is 9.97 Å². The highest BCUT2D eigenvalue weighted by Gasteiger charge is 2.13. The van der Waals surface area contributed by atoms with Crippen LogP contribution in [0.15, 0.2) is 17.6 Å². The summed E-state index contributed by atoms with van der Waals surface area (Å²) in [5.41, 5.74) is 0. The first kappa shape index (κ1) is 10.2. The quantitative estimate of drug-likeness (QED) is 0.452. The van der Waals surface area contributed by atoms with Crippen molar-refractivity contribution >= 4 is 34.4 Å². The van der Waals surface area contributed by atoms with Gasteiger partial charge >= 0.3 is 0 Å². The molecule has 1 aromatic heterocycles. The largest absolute Gasteiger partial charge is 0.230 e. The molecule has 0 amide bonds. The molecule has 1 aromatic rings. The van der Waals surface area contributed by atoms with Crippen LogP contribution in [-0.4, -0.2) is 14.7 Å². The van der Waals surface area contributed by atoms with E-state index in [0.717, 1.165) is 8.73 Å². The molecule has 0 bridgehead atoms. The molecular weight excluding hydrogens is 283 g/mol. The summed E-state index contributed by atoms with van der Waals surface area (Å²) in [5.74, 6) is 0. The van der Waals surface area contributed by atoms with E-state index in [4.69, 9.17) is 0 Å². The topological polar surface area (TPSA) is 25.8 Å². The molecule has 0 saturated carbocycles. The van der Waals surface area contributed by atoms with E-state index in [1.807, 2.05) is 12.4 Å². The second kappa shape index (κ2) is 3.91. The maximum absolute atomic E-state index is 4.21. The Morgan fingerprint density at radius 1 is 1.25 bits per heavy atom. The number of thioether (sulfide) groups is 1. The third kappa shape index (κ3) is 3.71. The first-order chi connectivity index (χ1) is 5.47. The highest BCUT2D eigenvalue weighted by atomic mass is 127. The lowest BCUT2D eigenvalue weighted by atomic mass is 10.3. The summed E-state index contributed by atoms with van der Waals surface area (Å²) in [4.78, 5) is 8.42. The summed E-state index contributed by atoms with van der Waals surface area (Å²) in [6.07, 6.45) is 3.67. The fraction of sp³-hybridized carbons (Fsp3) is 0.500. The van der Waals surface area contributed by atoms with Crippen molar-refractivity contribution in [3.63, 3.8) is 0 Å². The molecule has 0 aromatic carbocycles. The maximum Gasteiger partial charge on any atom is 0.188 e. The van der Waals surface area contributed by atoms with Gasteiger partial charge in [0.25, 0.3) is 0 Å². The summed E-state index contributed by atoms with van der Waals surface area (Å²) in [7, 11) is 0. The third-order valence-electron chi connectivity index (χ3n) is 0.994. The van der Waals surface area contributed by atoms with Gasteiger partial charge < -0.3 is 0 Å². The predicted octanol–water partition coefficient (Wildman–Crippen LogP) is 2.97. The van der Waals surface area contributed by atoms with E-state index in [2.05, 4.69) is 53.3 Å². The molecule has 66 valence electrons. The smallest absolute Gasteiger partial charge is 0.188 e. The van der Waals surface area contributed by atoms with E-state index in [0.29, 0.717) is 0 Å². The van der Waals surface area contributed by atoms with E-state index >= 15 is 0 Å². The summed E-state index contributed by atoms with van der Waals surface area (Å²) in [6.45, 7) is 6.46. The van der Waals surface area contributed by atoms with Crippen molar-refractivity contribution in [3.05, 3.63) is 16.0 Å². The molecule has 12 heavy (non-hydrogen) atoms. The van der Waals surface area contributed by atoms with Crippen LogP contribution in [0.3, 0.4) is 0 Å². The van der Waals surface area contributed by atoms with Gasteiger partial charge in [0.1, 0.15) is 0 Å². The monoisotopic (exact) mass is 294 g/mol. The fourth-order valence-electron chi connectivity index (χ4n) is 0.627. The third-order valence-corrected chi connectivity index (χ3v) is 2.56. The summed E-state index contributed by atoms with van der Waals surface area (Å²) in [6, 6.07) is 0. The summed E-state index contributed by atoms with van der Waals surface area (Å²) >= 11 is 3.88. The second-order valence-corrected chi connectivity index (χ2v) is 6.44. The summed E-state index contributed by atoms with van der Waals surface area (Å²) < 4.78 is 1.26. The van der Waals surface area contributed by atoms with E-state index in [1.54, 1.807) is 11.8 Å². The van der Waals surface area contributed by atoms with Crippen LogP contribution in [0.25, 0.3) is 0 Å². The van der Waals surface area contributed by atoms with Gasteiger partial charge in [-0.15, -0.1) is 0 Å². The first-order valence-corrected chi connectivity index (χ1v) is 5.53. The van der Waals surface area contributed by atoms with E-state index in [-0.39, 0.29) is 4.75 Å². The number of hydrogen-bond acceptors (Lipinski definition) is 3. The van der Waals surface area contributed by atoms with Crippen molar-refractivity contribution < 1.29 is 0 Å². The van der Waals surface area contributed by atoms with Gasteiger partial charge in [-0.25, -0.2) is 9.97 Å². The zero-order valence-electron chi connectivity index (χ0n) is 7.34. The second-order valence-electron chi connectivity index (χ2n) is 3.40. The molecule has 0 fully saturated rings. The number of nitrogens with zero attached hydrogens (tertiary/aromatic N) is 2. The van der Waals surface area contributed by atoms with Crippen molar-refractivity contribution in [3.8, 4) is 0 Å². The SMILES string of the molecule is CC(C)(C)Sc1ncc(I)cn1. The lowest BCUT2D eigenvalue weighted by Gasteiger charge is -2.15. The first-order valence-electron chi connectivity index (χ1n) is 3.64. The minimum atomic E-state index is 0.187. The molecule has 0 saturated heterocycles. The lowest BCUT2D eigenvalue weighted by Crippen LogP contribution is -2.08. The van der Waals surface area contributed by atoms with Crippen molar-refractivity contribution in [2.24, 2.45) is 0 Å². The van der Waals surface area contributed by atoms with Crippen molar-refractivity contribution in [2.45, 2.75) is 30.7 Å². The molecule has 0 unspecified atom stereocenters. The van der Waals surface area contributed by atoms with Crippen LogP contribution >= 0.6 is 34.4 Å². The molecule has 4 heteroatoms. The molecule has 1 heterocycles. The van der Waals surface area contributed by atoms with Gasteiger partial charge in [0.2, 0.25) is 0 Å². The lowest BCUT2D eigenvalue weighted by molar-refractivity contribution is 0.791. The van der Waals surface area contributed by atoms with E-state index < -0.39 is 0 Å². The van der Waals surface area contributed by atoms with Gasteiger partial charge in [0.05, 0.1) is 0 Å². The van der Waals surface area contributed by atoms with Gasteiger partial charge in [0.15, 0.2) is 5.16 Å². The van der Waals surface area contributed by atoms with Crippen LogP contribution in [0, 0.1) is 3.57 Å². The molecule has 0 radical (unpaired) electrons. The zero-order valence-corrected chi connectivity index (χ0v) is 10.3. The minimum Gasteiger partial charge on any atom is -0.230 e. The molecule has 1 rings (SSSR count). The number of hydrogen-bond donors (Lipinski definition) is 0. The normalized spacial score (nSPS) is 11.7. The Labute approximate surface area is 90.7 Å². The predicted molar refractivity (Wildman–Crippen MR) is 60.4 cm³/mol. The molecule has 0 aliphatic carbocycles. The maximum atomic E-state index is 4.21.